The quantitative estimate of drug-likeness (QED) is 0.787. The van der Waals surface area contributed by atoms with Gasteiger partial charge in [-0.05, 0) is 67.3 Å². The van der Waals surface area contributed by atoms with E-state index < -0.39 is 9.84 Å². The second-order valence-electron chi connectivity index (χ2n) is 6.93. The third kappa shape index (κ3) is 4.30. The number of sulfone groups is 1. The van der Waals surface area contributed by atoms with Crippen LogP contribution in [0.3, 0.4) is 0 Å². The molecule has 0 aliphatic heterocycles. The minimum atomic E-state index is -3.14. The Hall–Kier alpha value is -0.870. The van der Waals surface area contributed by atoms with Crippen LogP contribution in [0.25, 0.3) is 0 Å². The fourth-order valence-electron chi connectivity index (χ4n) is 2.86. The molecule has 0 spiro atoms. The van der Waals surface area contributed by atoms with Crippen molar-refractivity contribution in [2.24, 2.45) is 11.1 Å². The second kappa shape index (κ2) is 6.49. The van der Waals surface area contributed by atoms with Gasteiger partial charge < -0.3 is 5.73 Å². The monoisotopic (exact) mass is 309 g/mol. The number of fused-ring (bicyclic) bond motifs is 1. The van der Waals surface area contributed by atoms with Crippen molar-refractivity contribution < 1.29 is 8.42 Å². The van der Waals surface area contributed by atoms with E-state index in [0.29, 0.717) is 17.9 Å². The molecule has 1 aromatic rings. The Bertz CT molecular complexity index is 591. The predicted molar refractivity (Wildman–Crippen MR) is 87.2 cm³/mol. The lowest BCUT2D eigenvalue weighted by Crippen LogP contribution is -2.23. The average Bonchev–Trinajstić information content (AvgIpc) is 2.91. The highest BCUT2D eigenvalue weighted by Gasteiger charge is 2.19. The van der Waals surface area contributed by atoms with Crippen molar-refractivity contribution in [2.45, 2.75) is 57.3 Å². The maximum absolute atomic E-state index is 12.4. The van der Waals surface area contributed by atoms with Crippen molar-refractivity contribution in [1.29, 1.82) is 0 Å². The van der Waals surface area contributed by atoms with E-state index in [4.69, 9.17) is 5.73 Å². The molecule has 0 atom stereocenters. The van der Waals surface area contributed by atoms with E-state index in [2.05, 4.69) is 13.8 Å². The molecule has 0 aromatic heterocycles. The molecule has 0 saturated heterocycles. The van der Waals surface area contributed by atoms with Gasteiger partial charge in [-0.3, -0.25) is 0 Å². The third-order valence-electron chi connectivity index (χ3n) is 4.50. The highest BCUT2D eigenvalue weighted by atomic mass is 32.2. The van der Waals surface area contributed by atoms with Crippen molar-refractivity contribution in [3.8, 4) is 0 Å². The molecule has 118 valence electrons. The Morgan fingerprint density at radius 3 is 2.57 bits per heavy atom. The minimum Gasteiger partial charge on any atom is -0.330 e. The van der Waals surface area contributed by atoms with Crippen molar-refractivity contribution in [1.82, 2.24) is 0 Å². The van der Waals surface area contributed by atoms with Gasteiger partial charge in [-0.15, -0.1) is 0 Å². The van der Waals surface area contributed by atoms with Crippen LogP contribution in [0.15, 0.2) is 23.1 Å². The van der Waals surface area contributed by atoms with Gasteiger partial charge in [0.2, 0.25) is 0 Å². The van der Waals surface area contributed by atoms with Crippen molar-refractivity contribution >= 4 is 9.84 Å². The predicted octanol–water partition coefficient (Wildman–Crippen LogP) is 3.10. The number of nitrogens with two attached hydrogens (primary N) is 1. The molecule has 0 bridgehead atoms. The number of hydrogen-bond acceptors (Lipinski definition) is 3. The first-order chi connectivity index (χ1) is 9.84. The lowest BCUT2D eigenvalue weighted by Gasteiger charge is -2.21. The number of rotatable bonds is 7. The molecule has 2 rings (SSSR count). The molecule has 0 radical (unpaired) electrons. The van der Waals surface area contributed by atoms with Gasteiger partial charge >= 0.3 is 0 Å². The van der Waals surface area contributed by atoms with Crippen molar-refractivity contribution in [2.75, 3.05) is 12.3 Å². The van der Waals surface area contributed by atoms with Gasteiger partial charge in [0.25, 0.3) is 0 Å². The first-order valence-corrected chi connectivity index (χ1v) is 9.54. The smallest absolute Gasteiger partial charge is 0.178 e. The van der Waals surface area contributed by atoms with E-state index in [1.807, 2.05) is 12.1 Å². The molecule has 21 heavy (non-hydrogen) atoms. The molecule has 2 N–H and O–H groups in total. The molecule has 0 heterocycles. The molecule has 4 heteroatoms. The summed E-state index contributed by atoms with van der Waals surface area (Å²) < 4.78 is 24.8. The van der Waals surface area contributed by atoms with Crippen LogP contribution >= 0.6 is 0 Å². The van der Waals surface area contributed by atoms with E-state index in [-0.39, 0.29) is 11.2 Å². The highest BCUT2D eigenvalue weighted by Crippen LogP contribution is 2.26. The molecule has 1 aliphatic rings. The zero-order valence-corrected chi connectivity index (χ0v) is 14.0. The summed E-state index contributed by atoms with van der Waals surface area (Å²) in [7, 11) is -3.14. The van der Waals surface area contributed by atoms with Gasteiger partial charge in [0, 0.05) is 0 Å². The van der Waals surface area contributed by atoms with Gasteiger partial charge in [0.05, 0.1) is 10.6 Å². The summed E-state index contributed by atoms with van der Waals surface area (Å²) in [6.45, 7) is 4.90. The standard InChI is InChI=1S/C17H27NO2S/c1-17(2,13-18)10-3-4-11-21(19,20)16-9-8-14-6-5-7-15(14)12-16/h8-9,12H,3-7,10-11,13,18H2,1-2H3. The number of unbranched alkanes of at least 4 members (excludes halogenated alkanes) is 1. The summed E-state index contributed by atoms with van der Waals surface area (Å²) in [6.07, 6.45) is 5.85. The van der Waals surface area contributed by atoms with E-state index >= 15 is 0 Å². The van der Waals surface area contributed by atoms with E-state index in [1.165, 1.54) is 11.1 Å². The maximum atomic E-state index is 12.4. The molecular formula is C17H27NO2S. The van der Waals surface area contributed by atoms with Crippen LogP contribution < -0.4 is 5.73 Å². The summed E-state index contributed by atoms with van der Waals surface area (Å²) >= 11 is 0. The lowest BCUT2D eigenvalue weighted by atomic mass is 9.88. The maximum Gasteiger partial charge on any atom is 0.178 e. The minimum absolute atomic E-state index is 0.108. The summed E-state index contributed by atoms with van der Waals surface area (Å²) in [4.78, 5) is 0.501. The molecule has 0 unspecified atom stereocenters. The molecule has 0 fully saturated rings. The Kier molecular flexibility index (Phi) is 5.10. The topological polar surface area (TPSA) is 60.2 Å². The SMILES string of the molecule is CC(C)(CN)CCCCS(=O)(=O)c1ccc2c(c1)CCC2. The van der Waals surface area contributed by atoms with Crippen molar-refractivity contribution in [3.63, 3.8) is 0 Å². The molecular weight excluding hydrogens is 282 g/mol. The van der Waals surface area contributed by atoms with Gasteiger partial charge in [-0.25, -0.2) is 8.42 Å². The summed E-state index contributed by atoms with van der Waals surface area (Å²) in [6, 6.07) is 5.66. The molecule has 0 saturated carbocycles. The van der Waals surface area contributed by atoms with Gasteiger partial charge in [0.1, 0.15) is 0 Å². The van der Waals surface area contributed by atoms with Gasteiger partial charge in [-0.1, -0.05) is 26.3 Å². The zero-order valence-electron chi connectivity index (χ0n) is 13.2. The van der Waals surface area contributed by atoms with Gasteiger partial charge in [-0.2, -0.15) is 0 Å². The van der Waals surface area contributed by atoms with Crippen LogP contribution in [0.1, 0.15) is 50.7 Å². The normalized spacial score (nSPS) is 15.2. The summed E-state index contributed by atoms with van der Waals surface area (Å²) in [5, 5.41) is 0. The van der Waals surface area contributed by atoms with Crippen LogP contribution in [0.4, 0.5) is 0 Å². The summed E-state index contributed by atoms with van der Waals surface area (Å²) in [5.74, 6) is 0.242. The van der Waals surface area contributed by atoms with Crippen molar-refractivity contribution in [3.05, 3.63) is 29.3 Å². The van der Waals surface area contributed by atoms with E-state index in [0.717, 1.165) is 32.1 Å². The van der Waals surface area contributed by atoms with E-state index in [9.17, 15) is 8.42 Å². The third-order valence-corrected chi connectivity index (χ3v) is 6.30. The number of benzene rings is 1. The second-order valence-corrected chi connectivity index (χ2v) is 9.04. The van der Waals surface area contributed by atoms with Crippen LogP contribution in [-0.4, -0.2) is 20.7 Å². The Morgan fingerprint density at radius 1 is 1.14 bits per heavy atom. The van der Waals surface area contributed by atoms with Gasteiger partial charge in [0.15, 0.2) is 9.84 Å². The zero-order chi connectivity index (χ0) is 15.5. The number of hydrogen-bond donors (Lipinski definition) is 1. The van der Waals surface area contributed by atoms with Crippen LogP contribution in [0, 0.1) is 5.41 Å². The van der Waals surface area contributed by atoms with E-state index in [1.54, 1.807) is 6.07 Å². The molecule has 3 nitrogen and oxygen atoms in total. The first-order valence-electron chi connectivity index (χ1n) is 7.89. The van der Waals surface area contributed by atoms with Crippen LogP contribution in [0.2, 0.25) is 0 Å². The average molecular weight is 309 g/mol. The number of aryl methyl sites for hydroxylation is 2. The fraction of sp³-hybridized carbons (Fsp3) is 0.647. The molecule has 0 amide bonds. The molecule has 1 aliphatic carbocycles. The highest BCUT2D eigenvalue weighted by molar-refractivity contribution is 7.91. The van der Waals surface area contributed by atoms with Crippen LogP contribution in [0.5, 0.6) is 0 Å². The fourth-order valence-corrected chi connectivity index (χ4v) is 4.27. The largest absolute Gasteiger partial charge is 0.330 e. The first kappa shape index (κ1) is 16.5. The Balaban J connectivity index is 1.93. The Labute approximate surface area is 128 Å². The lowest BCUT2D eigenvalue weighted by molar-refractivity contribution is 0.335. The summed E-state index contributed by atoms with van der Waals surface area (Å²) in [5.41, 5.74) is 8.35. The van der Waals surface area contributed by atoms with Crippen LogP contribution in [-0.2, 0) is 22.7 Å². The molecule has 1 aromatic carbocycles. The Morgan fingerprint density at radius 2 is 1.86 bits per heavy atom.